The Morgan fingerprint density at radius 3 is 2.80 bits per heavy atom. The number of aliphatic hydroxyl groups excluding tert-OH is 1. The van der Waals surface area contributed by atoms with Crippen LogP contribution in [0, 0.1) is 0 Å². The van der Waals surface area contributed by atoms with Crippen molar-refractivity contribution in [2.45, 2.75) is 30.4 Å². The van der Waals surface area contributed by atoms with Gasteiger partial charge >= 0.3 is 0 Å². The molecule has 0 amide bonds. The van der Waals surface area contributed by atoms with Crippen molar-refractivity contribution in [1.29, 1.82) is 0 Å². The van der Waals surface area contributed by atoms with Gasteiger partial charge in [0.15, 0.2) is 0 Å². The minimum atomic E-state index is -0.595. The number of benzene rings is 1. The number of aliphatic hydroxyl groups is 1. The second-order valence-electron chi connectivity index (χ2n) is 4.23. The van der Waals surface area contributed by atoms with Crippen LogP contribution >= 0.6 is 27.5 Å². The first-order valence-electron chi connectivity index (χ1n) is 4.72. The van der Waals surface area contributed by atoms with Crippen LogP contribution in [-0.2, 0) is 0 Å². The van der Waals surface area contributed by atoms with Crippen LogP contribution in [-0.4, -0.2) is 15.5 Å². The molecule has 2 atom stereocenters. The van der Waals surface area contributed by atoms with E-state index in [1.54, 1.807) is 18.2 Å². The van der Waals surface area contributed by atoms with Crippen LogP contribution in [0.3, 0.4) is 0 Å². The molecule has 1 aromatic rings. The SMILES string of the molecule is CC1(C)Oc2ccc(Cl)cc2[C@@H](O)[C@@H]1Br. The highest BCUT2D eigenvalue weighted by Crippen LogP contribution is 2.43. The number of hydrogen-bond donors (Lipinski definition) is 1. The molecule has 2 nitrogen and oxygen atoms in total. The van der Waals surface area contributed by atoms with Crippen molar-refractivity contribution in [1.82, 2.24) is 0 Å². The summed E-state index contributed by atoms with van der Waals surface area (Å²) in [4.78, 5) is -0.143. The third-order valence-electron chi connectivity index (χ3n) is 2.60. The van der Waals surface area contributed by atoms with Gasteiger partial charge in [-0.2, -0.15) is 0 Å². The van der Waals surface area contributed by atoms with Gasteiger partial charge in [0.25, 0.3) is 0 Å². The maximum Gasteiger partial charge on any atom is 0.126 e. The number of rotatable bonds is 0. The zero-order valence-corrected chi connectivity index (χ0v) is 10.8. The van der Waals surface area contributed by atoms with E-state index >= 15 is 0 Å². The van der Waals surface area contributed by atoms with Crippen LogP contribution < -0.4 is 4.74 Å². The number of halogens is 2. The molecule has 82 valence electrons. The standard InChI is InChI=1S/C11H12BrClO2/c1-11(2)10(12)9(14)7-5-6(13)3-4-8(7)15-11/h3-5,9-10,14H,1-2H3/t9-,10+/m1/s1. The van der Waals surface area contributed by atoms with E-state index in [9.17, 15) is 5.11 Å². The highest BCUT2D eigenvalue weighted by molar-refractivity contribution is 9.09. The van der Waals surface area contributed by atoms with Gasteiger partial charge in [-0.05, 0) is 32.0 Å². The predicted octanol–water partition coefficient (Wildman–Crippen LogP) is 3.31. The van der Waals surface area contributed by atoms with Crippen molar-refractivity contribution in [3.05, 3.63) is 28.8 Å². The topological polar surface area (TPSA) is 29.5 Å². The normalized spacial score (nSPS) is 28.1. The Labute approximate surface area is 102 Å². The Kier molecular flexibility index (Phi) is 2.73. The van der Waals surface area contributed by atoms with Gasteiger partial charge < -0.3 is 9.84 Å². The lowest BCUT2D eigenvalue weighted by Crippen LogP contribution is -2.45. The second-order valence-corrected chi connectivity index (χ2v) is 5.66. The average molecular weight is 292 g/mol. The van der Waals surface area contributed by atoms with Crippen LogP contribution in [0.5, 0.6) is 5.75 Å². The number of ether oxygens (including phenoxy) is 1. The molecule has 15 heavy (non-hydrogen) atoms. The summed E-state index contributed by atoms with van der Waals surface area (Å²) < 4.78 is 5.79. The van der Waals surface area contributed by atoms with Crippen molar-refractivity contribution in [3.8, 4) is 5.75 Å². The van der Waals surface area contributed by atoms with Crippen LogP contribution in [0.15, 0.2) is 18.2 Å². The molecule has 1 N–H and O–H groups in total. The molecule has 2 rings (SSSR count). The third kappa shape index (κ3) is 1.88. The number of fused-ring (bicyclic) bond motifs is 1. The Hall–Kier alpha value is -0.250. The third-order valence-corrected chi connectivity index (χ3v) is 4.44. The lowest BCUT2D eigenvalue weighted by atomic mass is 9.92. The van der Waals surface area contributed by atoms with E-state index in [-0.39, 0.29) is 4.83 Å². The first-order valence-corrected chi connectivity index (χ1v) is 6.02. The molecule has 0 aromatic heterocycles. The maximum atomic E-state index is 10.1. The molecule has 0 fully saturated rings. The number of hydrogen-bond acceptors (Lipinski definition) is 2. The molecule has 0 radical (unpaired) electrons. The fourth-order valence-corrected chi connectivity index (χ4v) is 2.28. The monoisotopic (exact) mass is 290 g/mol. The molecular formula is C11H12BrClO2. The molecule has 1 aliphatic heterocycles. The zero-order chi connectivity index (χ0) is 11.2. The molecule has 4 heteroatoms. The Bertz CT molecular complexity index is 392. The molecule has 1 aliphatic rings. The van der Waals surface area contributed by atoms with Gasteiger partial charge in [0, 0.05) is 10.6 Å². The molecule has 0 spiro atoms. The molecule has 1 heterocycles. The summed E-state index contributed by atoms with van der Waals surface area (Å²) in [7, 11) is 0. The van der Waals surface area contributed by atoms with Crippen molar-refractivity contribution in [2.75, 3.05) is 0 Å². The summed E-state index contributed by atoms with van der Waals surface area (Å²) in [6.07, 6.45) is -0.595. The predicted molar refractivity (Wildman–Crippen MR) is 63.8 cm³/mol. The Balaban J connectivity index is 2.50. The van der Waals surface area contributed by atoms with Gasteiger partial charge in [-0.25, -0.2) is 0 Å². The highest BCUT2D eigenvalue weighted by atomic mass is 79.9. The molecular weight excluding hydrogens is 279 g/mol. The van der Waals surface area contributed by atoms with E-state index in [2.05, 4.69) is 15.9 Å². The van der Waals surface area contributed by atoms with Crippen LogP contribution in [0.4, 0.5) is 0 Å². The lowest BCUT2D eigenvalue weighted by Gasteiger charge is -2.40. The van der Waals surface area contributed by atoms with Gasteiger partial charge in [-0.1, -0.05) is 27.5 Å². The molecule has 1 aromatic carbocycles. The van der Waals surface area contributed by atoms with Crippen molar-refractivity contribution >= 4 is 27.5 Å². The van der Waals surface area contributed by atoms with E-state index in [0.29, 0.717) is 10.8 Å². The average Bonchev–Trinajstić information content (AvgIpc) is 2.16. The molecule has 0 aliphatic carbocycles. The summed E-state index contributed by atoms with van der Waals surface area (Å²) in [5.41, 5.74) is 0.309. The summed E-state index contributed by atoms with van der Waals surface area (Å²) in [6.45, 7) is 3.88. The van der Waals surface area contributed by atoms with Crippen molar-refractivity contribution in [2.24, 2.45) is 0 Å². The summed E-state index contributed by atoms with van der Waals surface area (Å²) in [5.74, 6) is 0.701. The van der Waals surface area contributed by atoms with Crippen LogP contribution in [0.25, 0.3) is 0 Å². The zero-order valence-electron chi connectivity index (χ0n) is 8.50. The van der Waals surface area contributed by atoms with Crippen LogP contribution in [0.1, 0.15) is 25.5 Å². The van der Waals surface area contributed by atoms with Crippen molar-refractivity contribution in [3.63, 3.8) is 0 Å². The van der Waals surface area contributed by atoms with Gasteiger partial charge in [0.1, 0.15) is 11.4 Å². The minimum absolute atomic E-state index is 0.143. The molecule has 0 saturated carbocycles. The minimum Gasteiger partial charge on any atom is -0.486 e. The first kappa shape index (κ1) is 11.2. The largest absolute Gasteiger partial charge is 0.486 e. The van der Waals surface area contributed by atoms with Crippen LogP contribution in [0.2, 0.25) is 5.02 Å². The number of alkyl halides is 1. The first-order chi connectivity index (χ1) is 6.92. The van der Waals surface area contributed by atoms with Gasteiger partial charge in [-0.15, -0.1) is 0 Å². The summed E-state index contributed by atoms with van der Waals surface area (Å²) in [6, 6.07) is 5.30. The van der Waals surface area contributed by atoms with Gasteiger partial charge in [0.2, 0.25) is 0 Å². The van der Waals surface area contributed by atoms with Crippen molar-refractivity contribution < 1.29 is 9.84 Å². The van der Waals surface area contributed by atoms with E-state index < -0.39 is 11.7 Å². The fraction of sp³-hybridized carbons (Fsp3) is 0.455. The Morgan fingerprint density at radius 1 is 1.47 bits per heavy atom. The molecule has 0 bridgehead atoms. The lowest BCUT2D eigenvalue weighted by molar-refractivity contribution is 0.0226. The second kappa shape index (κ2) is 3.65. The summed E-state index contributed by atoms with van der Waals surface area (Å²) >= 11 is 9.33. The Morgan fingerprint density at radius 2 is 2.13 bits per heavy atom. The van der Waals surface area contributed by atoms with E-state index in [1.165, 1.54) is 0 Å². The summed E-state index contributed by atoms with van der Waals surface area (Å²) in [5, 5.41) is 10.7. The van der Waals surface area contributed by atoms with Gasteiger partial charge in [0.05, 0.1) is 10.9 Å². The molecule has 0 unspecified atom stereocenters. The fourth-order valence-electron chi connectivity index (χ4n) is 1.72. The van der Waals surface area contributed by atoms with Gasteiger partial charge in [-0.3, -0.25) is 0 Å². The molecule has 0 saturated heterocycles. The van der Waals surface area contributed by atoms with E-state index in [0.717, 1.165) is 5.56 Å². The maximum absolute atomic E-state index is 10.1. The van der Waals surface area contributed by atoms with E-state index in [4.69, 9.17) is 16.3 Å². The quantitative estimate of drug-likeness (QED) is 0.743. The highest BCUT2D eigenvalue weighted by Gasteiger charge is 2.41. The van der Waals surface area contributed by atoms with E-state index in [1.807, 2.05) is 13.8 Å². The smallest absolute Gasteiger partial charge is 0.126 e.